The number of urea groups is 1. The summed E-state index contributed by atoms with van der Waals surface area (Å²) in [5, 5.41) is 7.53. The Morgan fingerprint density at radius 3 is 2.55 bits per heavy atom. The summed E-state index contributed by atoms with van der Waals surface area (Å²) in [7, 11) is 3.99. The number of fused-ring (bicyclic) bond motifs is 1. The maximum absolute atomic E-state index is 12.7. The topological polar surface area (TPSA) is 73.4 Å². The molecule has 1 aliphatic rings. The molecule has 8 heteroatoms. The Morgan fingerprint density at radius 1 is 1.06 bits per heavy atom. The zero-order valence-electron chi connectivity index (χ0n) is 19.5. The molecule has 1 aromatic heterocycles. The number of carbonyl (C=O) groups is 1. The standard InChI is InChI=1S/C25H32N6OS/c1-4-17-8-7-9-19(16-17)27-25(32)31(33)20-14-12-18(13-15-20)26-24-28-22-11-6-5-10-21(22)23(29-24)30(2)3/h5-11,16,18,20,33H,4,12-15H2,1-3H3,(H,27,32)(H,26,28,29). The number of amides is 2. The van der Waals surface area contributed by atoms with Crippen LogP contribution in [0.3, 0.4) is 0 Å². The van der Waals surface area contributed by atoms with Gasteiger partial charge in [0.1, 0.15) is 5.82 Å². The van der Waals surface area contributed by atoms with Gasteiger partial charge >= 0.3 is 6.03 Å². The molecule has 0 saturated heterocycles. The fourth-order valence-corrected chi connectivity index (χ4v) is 4.61. The van der Waals surface area contributed by atoms with Gasteiger partial charge in [0, 0.05) is 37.3 Å². The van der Waals surface area contributed by atoms with E-state index in [1.807, 2.05) is 61.5 Å². The number of aromatic nitrogens is 2. The molecule has 1 fully saturated rings. The summed E-state index contributed by atoms with van der Waals surface area (Å²) in [6.45, 7) is 2.10. The number of nitrogens with one attached hydrogen (secondary N) is 2. The third-order valence-corrected chi connectivity index (χ3v) is 6.69. The Labute approximate surface area is 201 Å². The summed E-state index contributed by atoms with van der Waals surface area (Å²) in [5.41, 5.74) is 2.93. The number of anilines is 3. The predicted molar refractivity (Wildman–Crippen MR) is 139 cm³/mol. The first-order valence-electron chi connectivity index (χ1n) is 11.5. The predicted octanol–water partition coefficient (Wildman–Crippen LogP) is 5.36. The molecule has 3 aromatic rings. The average Bonchev–Trinajstić information content (AvgIpc) is 2.83. The van der Waals surface area contributed by atoms with Gasteiger partial charge in [0.05, 0.1) is 5.52 Å². The molecule has 2 amide bonds. The van der Waals surface area contributed by atoms with Crippen LogP contribution in [0.15, 0.2) is 48.5 Å². The van der Waals surface area contributed by atoms with Crippen molar-refractivity contribution in [2.45, 2.75) is 51.1 Å². The van der Waals surface area contributed by atoms with Gasteiger partial charge in [-0.2, -0.15) is 4.98 Å². The summed E-state index contributed by atoms with van der Waals surface area (Å²) in [6.07, 6.45) is 4.53. The highest BCUT2D eigenvalue weighted by atomic mass is 32.1. The first kappa shape index (κ1) is 23.2. The van der Waals surface area contributed by atoms with Crippen LogP contribution in [0, 0.1) is 0 Å². The van der Waals surface area contributed by atoms with Crippen molar-refractivity contribution in [1.29, 1.82) is 0 Å². The Kier molecular flexibility index (Phi) is 7.23. The SMILES string of the molecule is CCc1cccc(NC(=O)N(S)C2CCC(Nc3nc(N(C)C)c4ccccc4n3)CC2)c1. The molecule has 1 aliphatic carbocycles. The number of carbonyl (C=O) groups excluding carboxylic acids is 1. The highest BCUT2D eigenvalue weighted by Gasteiger charge is 2.28. The lowest BCUT2D eigenvalue weighted by molar-refractivity contribution is 0.217. The second-order valence-corrected chi connectivity index (χ2v) is 9.19. The second kappa shape index (κ2) is 10.3. The summed E-state index contributed by atoms with van der Waals surface area (Å²) in [4.78, 5) is 24.2. The average molecular weight is 465 g/mol. The van der Waals surface area contributed by atoms with Crippen molar-refractivity contribution in [2.75, 3.05) is 29.6 Å². The van der Waals surface area contributed by atoms with E-state index in [4.69, 9.17) is 9.97 Å². The second-order valence-electron chi connectivity index (χ2n) is 8.76. The number of nitrogens with zero attached hydrogens (tertiary/aromatic N) is 4. The Morgan fingerprint density at radius 2 is 1.82 bits per heavy atom. The first-order chi connectivity index (χ1) is 15.9. The molecule has 4 rings (SSSR count). The quantitative estimate of drug-likeness (QED) is 0.428. The lowest BCUT2D eigenvalue weighted by Gasteiger charge is -2.34. The van der Waals surface area contributed by atoms with E-state index in [9.17, 15) is 4.79 Å². The van der Waals surface area contributed by atoms with Crippen molar-refractivity contribution >= 4 is 47.2 Å². The smallest absolute Gasteiger partial charge is 0.331 e. The third kappa shape index (κ3) is 5.50. The van der Waals surface area contributed by atoms with E-state index in [1.165, 1.54) is 5.56 Å². The normalized spacial score (nSPS) is 18.1. The molecule has 7 nitrogen and oxygen atoms in total. The van der Waals surface area contributed by atoms with Crippen molar-refractivity contribution < 1.29 is 4.79 Å². The van der Waals surface area contributed by atoms with Crippen molar-refractivity contribution in [3.05, 3.63) is 54.1 Å². The van der Waals surface area contributed by atoms with Crippen LogP contribution in [0.4, 0.5) is 22.2 Å². The van der Waals surface area contributed by atoms with Gasteiger partial charge in [-0.15, -0.1) is 0 Å². The molecule has 1 heterocycles. The molecular formula is C25H32N6OS. The van der Waals surface area contributed by atoms with Crippen molar-refractivity contribution in [3.63, 3.8) is 0 Å². The largest absolute Gasteiger partial charge is 0.362 e. The molecule has 0 radical (unpaired) electrons. The van der Waals surface area contributed by atoms with E-state index in [0.29, 0.717) is 5.95 Å². The molecule has 2 aromatic carbocycles. The van der Waals surface area contributed by atoms with Crippen LogP contribution in [0.5, 0.6) is 0 Å². The Bertz CT molecular complexity index is 1110. The van der Waals surface area contributed by atoms with Gasteiger partial charge < -0.3 is 15.5 Å². The minimum absolute atomic E-state index is 0.0931. The van der Waals surface area contributed by atoms with Gasteiger partial charge in [0.25, 0.3) is 0 Å². The molecule has 33 heavy (non-hydrogen) atoms. The van der Waals surface area contributed by atoms with E-state index >= 15 is 0 Å². The van der Waals surface area contributed by atoms with Gasteiger partial charge in [-0.05, 0) is 61.9 Å². The number of benzene rings is 2. The Hall–Kier alpha value is -3.00. The number of hydrogen-bond donors (Lipinski definition) is 3. The van der Waals surface area contributed by atoms with Gasteiger partial charge in [-0.25, -0.2) is 9.78 Å². The van der Waals surface area contributed by atoms with E-state index in [-0.39, 0.29) is 18.1 Å². The molecule has 1 saturated carbocycles. The van der Waals surface area contributed by atoms with Crippen LogP contribution in [0.25, 0.3) is 10.9 Å². The molecule has 0 atom stereocenters. The molecule has 0 unspecified atom stereocenters. The van der Waals surface area contributed by atoms with E-state index in [2.05, 4.69) is 36.4 Å². The van der Waals surface area contributed by atoms with Crippen molar-refractivity contribution in [3.8, 4) is 0 Å². The van der Waals surface area contributed by atoms with E-state index in [1.54, 1.807) is 4.31 Å². The van der Waals surface area contributed by atoms with Crippen LogP contribution in [-0.2, 0) is 6.42 Å². The van der Waals surface area contributed by atoms with Crippen molar-refractivity contribution in [2.24, 2.45) is 0 Å². The lowest BCUT2D eigenvalue weighted by Crippen LogP contribution is -2.40. The number of thiol groups is 1. The summed E-state index contributed by atoms with van der Waals surface area (Å²) in [6, 6.07) is 16.2. The fraction of sp³-hybridized carbons (Fsp3) is 0.400. The molecule has 0 aliphatic heterocycles. The summed E-state index contributed by atoms with van der Waals surface area (Å²) < 4.78 is 1.55. The van der Waals surface area contributed by atoms with Gasteiger partial charge in [0.15, 0.2) is 0 Å². The van der Waals surface area contributed by atoms with Gasteiger partial charge in [-0.1, -0.05) is 44.0 Å². The first-order valence-corrected chi connectivity index (χ1v) is 11.9. The monoisotopic (exact) mass is 464 g/mol. The Balaban J connectivity index is 1.35. The van der Waals surface area contributed by atoms with E-state index < -0.39 is 0 Å². The summed E-state index contributed by atoms with van der Waals surface area (Å²) in [5.74, 6) is 1.55. The lowest BCUT2D eigenvalue weighted by atomic mass is 9.91. The molecular weight excluding hydrogens is 432 g/mol. The fourth-order valence-electron chi connectivity index (χ4n) is 4.33. The highest BCUT2D eigenvalue weighted by molar-refractivity contribution is 7.78. The third-order valence-electron chi connectivity index (χ3n) is 6.18. The zero-order valence-corrected chi connectivity index (χ0v) is 20.3. The van der Waals surface area contributed by atoms with Crippen LogP contribution >= 0.6 is 12.8 Å². The maximum Gasteiger partial charge on any atom is 0.331 e. The van der Waals surface area contributed by atoms with Crippen LogP contribution < -0.4 is 15.5 Å². The molecule has 0 spiro atoms. The number of aryl methyl sites for hydroxylation is 1. The minimum atomic E-state index is -0.184. The maximum atomic E-state index is 12.7. The van der Waals surface area contributed by atoms with E-state index in [0.717, 1.165) is 54.5 Å². The van der Waals surface area contributed by atoms with Gasteiger partial charge in [-0.3, -0.25) is 4.31 Å². The zero-order chi connectivity index (χ0) is 23.4. The molecule has 2 N–H and O–H groups in total. The minimum Gasteiger partial charge on any atom is -0.362 e. The highest BCUT2D eigenvalue weighted by Crippen LogP contribution is 2.29. The number of rotatable bonds is 6. The molecule has 0 bridgehead atoms. The molecule has 174 valence electrons. The van der Waals surface area contributed by atoms with Gasteiger partial charge in [0.2, 0.25) is 5.95 Å². The number of para-hydroxylation sites is 1. The van der Waals surface area contributed by atoms with Crippen LogP contribution in [0.2, 0.25) is 0 Å². The number of hydrogen-bond acceptors (Lipinski definition) is 6. The summed E-state index contributed by atoms with van der Waals surface area (Å²) >= 11 is 4.52. The van der Waals surface area contributed by atoms with Crippen LogP contribution in [0.1, 0.15) is 38.2 Å². The van der Waals surface area contributed by atoms with Crippen molar-refractivity contribution in [1.82, 2.24) is 14.3 Å². The van der Waals surface area contributed by atoms with Crippen LogP contribution in [-0.4, -0.2) is 46.5 Å².